The quantitative estimate of drug-likeness (QED) is 0.0200. The monoisotopic (exact) mass is 910 g/mol. The summed E-state index contributed by atoms with van der Waals surface area (Å²) in [6.45, 7) is 2.56. The van der Waals surface area contributed by atoms with Crippen molar-refractivity contribution in [1.82, 2.24) is 5.32 Å². The first-order chi connectivity index (χ1) is 30.6. The maximum Gasteiger partial charge on any atom is 0.472 e. The number of aliphatic hydroxyl groups is 1. The summed E-state index contributed by atoms with van der Waals surface area (Å²) < 4.78 is 26.9. The minimum Gasteiger partial charge on any atom is -0.480 e. The topological polar surface area (TPSA) is 169 Å². The van der Waals surface area contributed by atoms with Gasteiger partial charge in [0.05, 0.1) is 13.2 Å². The molecule has 0 radical (unpaired) electrons. The highest BCUT2D eigenvalue weighted by Gasteiger charge is 2.28. The van der Waals surface area contributed by atoms with Crippen LogP contribution in [0.1, 0.15) is 226 Å². The van der Waals surface area contributed by atoms with Crippen LogP contribution in [0.25, 0.3) is 0 Å². The Morgan fingerprint density at radius 2 is 0.873 bits per heavy atom. The fourth-order valence-electron chi connectivity index (χ4n) is 6.91. The van der Waals surface area contributed by atoms with Gasteiger partial charge in [-0.15, -0.1) is 0 Å². The molecule has 0 saturated heterocycles. The van der Waals surface area contributed by atoms with Gasteiger partial charge in [-0.2, -0.15) is 0 Å². The molecule has 0 saturated carbocycles. The van der Waals surface area contributed by atoms with E-state index in [1.54, 1.807) is 0 Å². The maximum atomic E-state index is 12.3. The lowest BCUT2D eigenvalue weighted by Crippen LogP contribution is -2.43. The molecule has 11 nitrogen and oxygen atoms in total. The Morgan fingerprint density at radius 3 is 1.32 bits per heavy atom. The Morgan fingerprint density at radius 1 is 0.508 bits per heavy atom. The Hall–Kier alpha value is -2.56. The molecule has 63 heavy (non-hydrogen) atoms. The van der Waals surface area contributed by atoms with Crippen molar-refractivity contribution in [3.05, 3.63) is 48.6 Å². The molecule has 3 atom stereocenters. The standard InChI is InChI=1S/C51H92NO10P/c1-3-5-7-9-11-13-15-17-19-21-22-23-24-25-26-27-29-31-33-35-37-39-41-43-50(55)60-44-47(53)45-61-63(58,59)62-46-48(51(56)57)52-49(54)42-40-38-36-34-32-30-28-20-18-16-14-12-10-8-6-4-2/h11,13-14,16-17,19-20,28,47-48,53H,3-10,12,15,18,21-27,29-46H2,1-2H3,(H,52,54)(H,56,57)(H,58,59)/b13-11-,16-14-,19-17-,28-20-. The van der Waals surface area contributed by atoms with Crippen molar-refractivity contribution in [1.29, 1.82) is 0 Å². The number of ether oxygens (including phenoxy) is 1. The van der Waals surface area contributed by atoms with Gasteiger partial charge in [-0.25, -0.2) is 9.36 Å². The van der Waals surface area contributed by atoms with Gasteiger partial charge in [0.1, 0.15) is 12.7 Å². The van der Waals surface area contributed by atoms with Gasteiger partial charge < -0.3 is 25.2 Å². The first-order valence-electron chi connectivity index (χ1n) is 25.2. The van der Waals surface area contributed by atoms with Crippen molar-refractivity contribution in [2.24, 2.45) is 0 Å². The second-order valence-electron chi connectivity index (χ2n) is 17.0. The Bertz CT molecular complexity index is 1250. The number of nitrogens with one attached hydrogen (secondary N) is 1. The van der Waals surface area contributed by atoms with Gasteiger partial charge in [-0.05, 0) is 77.0 Å². The summed E-state index contributed by atoms with van der Waals surface area (Å²) >= 11 is 0. The van der Waals surface area contributed by atoms with Crippen molar-refractivity contribution >= 4 is 25.7 Å². The fraction of sp³-hybridized carbons (Fsp3) is 0.784. The predicted molar refractivity (Wildman–Crippen MR) is 259 cm³/mol. The van der Waals surface area contributed by atoms with Crippen molar-refractivity contribution in [3.8, 4) is 0 Å². The van der Waals surface area contributed by atoms with E-state index in [1.807, 2.05) is 0 Å². The lowest BCUT2D eigenvalue weighted by molar-refractivity contribution is -0.147. The third kappa shape index (κ3) is 45.8. The van der Waals surface area contributed by atoms with Crippen LogP contribution < -0.4 is 5.32 Å². The average molecular weight is 910 g/mol. The molecule has 0 fully saturated rings. The van der Waals surface area contributed by atoms with Gasteiger partial charge in [0.15, 0.2) is 6.04 Å². The van der Waals surface area contributed by atoms with E-state index in [1.165, 1.54) is 116 Å². The van der Waals surface area contributed by atoms with Gasteiger partial charge in [-0.3, -0.25) is 18.6 Å². The van der Waals surface area contributed by atoms with E-state index in [-0.39, 0.29) is 12.8 Å². The number of carboxylic acid groups (broad SMARTS) is 1. The largest absolute Gasteiger partial charge is 0.480 e. The predicted octanol–water partition coefficient (Wildman–Crippen LogP) is 13.7. The normalized spacial score (nSPS) is 14.0. The first-order valence-corrected chi connectivity index (χ1v) is 26.7. The highest BCUT2D eigenvalue weighted by Crippen LogP contribution is 2.43. The Kier molecular flexibility index (Phi) is 44.1. The minimum absolute atomic E-state index is 0.129. The van der Waals surface area contributed by atoms with Crippen molar-refractivity contribution in [2.45, 2.75) is 238 Å². The van der Waals surface area contributed by atoms with E-state index < -0.39 is 57.6 Å². The van der Waals surface area contributed by atoms with E-state index in [9.17, 15) is 34.1 Å². The number of phosphoric acid groups is 1. The number of esters is 1. The van der Waals surface area contributed by atoms with Gasteiger partial charge >= 0.3 is 19.8 Å². The van der Waals surface area contributed by atoms with Crippen LogP contribution in [0, 0.1) is 0 Å². The number of allylic oxidation sites excluding steroid dienone is 8. The average Bonchev–Trinajstić information content (AvgIpc) is 3.26. The Balaban J connectivity index is 3.82. The van der Waals surface area contributed by atoms with E-state index in [2.05, 4.69) is 67.8 Å². The molecule has 4 N–H and O–H groups in total. The third-order valence-electron chi connectivity index (χ3n) is 10.8. The van der Waals surface area contributed by atoms with E-state index in [4.69, 9.17) is 13.8 Å². The molecule has 0 spiro atoms. The summed E-state index contributed by atoms with van der Waals surface area (Å²) in [6, 6.07) is -1.55. The van der Waals surface area contributed by atoms with Crippen LogP contribution in [-0.4, -0.2) is 64.9 Å². The highest BCUT2D eigenvalue weighted by molar-refractivity contribution is 7.47. The molecule has 0 heterocycles. The van der Waals surface area contributed by atoms with Gasteiger partial charge in [0.2, 0.25) is 5.91 Å². The number of rotatable bonds is 47. The van der Waals surface area contributed by atoms with Crippen molar-refractivity contribution in [2.75, 3.05) is 19.8 Å². The van der Waals surface area contributed by atoms with Gasteiger partial charge in [-0.1, -0.05) is 184 Å². The van der Waals surface area contributed by atoms with E-state index in [0.29, 0.717) is 12.8 Å². The third-order valence-corrected chi connectivity index (χ3v) is 11.8. The smallest absolute Gasteiger partial charge is 0.472 e. The SMILES string of the molecule is CCCCC/C=C\C/C=C\CCCCCCCCCCCCCCCC(=O)OCC(O)COP(=O)(O)OCC(NC(=O)CCCCCCC/C=C\C/C=C\CCCCCC)C(=O)O. The van der Waals surface area contributed by atoms with Crippen molar-refractivity contribution in [3.63, 3.8) is 0 Å². The highest BCUT2D eigenvalue weighted by atomic mass is 31.2. The molecule has 0 rings (SSSR count). The zero-order valence-corrected chi connectivity index (χ0v) is 40.8. The summed E-state index contributed by atoms with van der Waals surface area (Å²) in [7, 11) is -4.76. The lowest BCUT2D eigenvalue weighted by atomic mass is 10.0. The van der Waals surface area contributed by atoms with Gasteiger partial charge in [0.25, 0.3) is 0 Å². The molecule has 0 aliphatic carbocycles. The zero-order chi connectivity index (χ0) is 46.3. The minimum atomic E-state index is -4.76. The first kappa shape index (κ1) is 60.4. The summed E-state index contributed by atoms with van der Waals surface area (Å²) in [5.74, 6) is -2.39. The summed E-state index contributed by atoms with van der Waals surface area (Å²) in [4.78, 5) is 46.1. The number of carbonyl (C=O) groups is 3. The molecule has 0 aliphatic heterocycles. The van der Waals surface area contributed by atoms with Crippen LogP contribution in [-0.2, 0) is 32.7 Å². The lowest BCUT2D eigenvalue weighted by Gasteiger charge is -2.18. The van der Waals surface area contributed by atoms with Gasteiger partial charge in [0, 0.05) is 12.8 Å². The van der Waals surface area contributed by atoms with Crippen LogP contribution in [0.3, 0.4) is 0 Å². The molecule has 0 bridgehead atoms. The fourth-order valence-corrected chi connectivity index (χ4v) is 7.68. The summed E-state index contributed by atoms with van der Waals surface area (Å²) in [5, 5.41) is 21.9. The molecule has 12 heteroatoms. The molecular formula is C51H92NO10P. The van der Waals surface area contributed by atoms with Crippen molar-refractivity contribution < 1.29 is 47.8 Å². The Labute approximate surface area is 384 Å². The number of hydrogen-bond acceptors (Lipinski definition) is 8. The van der Waals surface area contributed by atoms with Crippen LogP contribution in [0.2, 0.25) is 0 Å². The number of aliphatic hydroxyl groups excluding tert-OH is 1. The number of carbonyl (C=O) groups excluding carboxylic acids is 2. The molecule has 3 unspecified atom stereocenters. The van der Waals surface area contributed by atoms with E-state index >= 15 is 0 Å². The number of hydrogen-bond donors (Lipinski definition) is 4. The number of carboxylic acids is 1. The second kappa shape index (κ2) is 46.0. The number of aliphatic carboxylic acids is 1. The number of unbranched alkanes of at least 4 members (excludes halogenated alkanes) is 25. The molecule has 366 valence electrons. The molecule has 0 aromatic carbocycles. The second-order valence-corrected chi connectivity index (χ2v) is 18.5. The van der Waals surface area contributed by atoms with Crippen LogP contribution in [0.5, 0.6) is 0 Å². The van der Waals surface area contributed by atoms with Crippen LogP contribution in [0.4, 0.5) is 0 Å². The molecular weight excluding hydrogens is 818 g/mol. The molecule has 0 aliphatic rings. The summed E-state index contributed by atoms with van der Waals surface area (Å²) in [6.07, 6.45) is 52.7. The maximum absolute atomic E-state index is 12.3. The molecule has 1 amide bonds. The molecule has 0 aromatic rings. The number of phosphoric ester groups is 1. The summed E-state index contributed by atoms with van der Waals surface area (Å²) in [5.41, 5.74) is 0. The van der Waals surface area contributed by atoms with Crippen LogP contribution >= 0.6 is 7.82 Å². The number of amides is 1. The van der Waals surface area contributed by atoms with E-state index in [0.717, 1.165) is 70.6 Å². The molecule has 0 aromatic heterocycles. The zero-order valence-electron chi connectivity index (χ0n) is 39.9. The van der Waals surface area contributed by atoms with Crippen LogP contribution in [0.15, 0.2) is 48.6 Å².